The number of nitrogens with zero attached hydrogens (tertiary/aromatic N) is 3. The number of hydrogen-bond acceptors (Lipinski definition) is 6. The first-order chi connectivity index (χ1) is 14.6. The number of carbonyl (C=O) groups excluding carboxylic acids is 1. The molecule has 1 fully saturated rings. The van der Waals surface area contributed by atoms with Crippen LogP contribution < -0.4 is 9.64 Å². The Bertz CT molecular complexity index is 1000. The van der Waals surface area contributed by atoms with Gasteiger partial charge >= 0.3 is 0 Å². The minimum Gasteiger partial charge on any atom is -0.497 e. The van der Waals surface area contributed by atoms with Gasteiger partial charge in [0.05, 0.1) is 30.5 Å². The van der Waals surface area contributed by atoms with E-state index in [-0.39, 0.29) is 5.91 Å². The molecule has 0 aliphatic carbocycles. The summed E-state index contributed by atoms with van der Waals surface area (Å²) < 4.78 is 11.6. The Balaban J connectivity index is 1.56. The second kappa shape index (κ2) is 9.75. The van der Waals surface area contributed by atoms with Gasteiger partial charge in [-0.05, 0) is 48.9 Å². The Labute approximate surface area is 185 Å². The van der Waals surface area contributed by atoms with Crippen LogP contribution in [0, 0.1) is 0 Å². The second-order valence-electron chi connectivity index (χ2n) is 7.10. The van der Waals surface area contributed by atoms with Crippen LogP contribution in [-0.2, 0) is 4.74 Å². The Hall–Kier alpha value is -2.19. The number of morpholine rings is 1. The third-order valence-electron chi connectivity index (χ3n) is 5.11. The van der Waals surface area contributed by atoms with Crippen molar-refractivity contribution in [1.82, 2.24) is 9.88 Å². The Morgan fingerprint density at radius 2 is 2.00 bits per heavy atom. The van der Waals surface area contributed by atoms with Crippen molar-refractivity contribution in [2.45, 2.75) is 6.42 Å². The first kappa shape index (κ1) is 21.1. The van der Waals surface area contributed by atoms with Crippen molar-refractivity contribution in [1.29, 1.82) is 0 Å². The molecule has 0 unspecified atom stereocenters. The Kier molecular flexibility index (Phi) is 6.84. The van der Waals surface area contributed by atoms with Gasteiger partial charge in [-0.25, -0.2) is 4.98 Å². The third-order valence-corrected chi connectivity index (χ3v) is 6.39. The van der Waals surface area contributed by atoms with Gasteiger partial charge in [-0.3, -0.25) is 14.6 Å². The lowest BCUT2D eigenvalue weighted by atomic mass is 10.2. The molecule has 30 heavy (non-hydrogen) atoms. The van der Waals surface area contributed by atoms with Crippen LogP contribution in [0.2, 0.25) is 5.02 Å². The van der Waals surface area contributed by atoms with Gasteiger partial charge in [-0.1, -0.05) is 22.9 Å². The second-order valence-corrected chi connectivity index (χ2v) is 8.55. The van der Waals surface area contributed by atoms with Gasteiger partial charge in [0.25, 0.3) is 5.91 Å². The van der Waals surface area contributed by atoms with E-state index in [1.165, 1.54) is 11.3 Å². The molecule has 0 spiro atoms. The monoisotopic (exact) mass is 445 g/mol. The van der Waals surface area contributed by atoms with Crippen LogP contribution >= 0.6 is 22.9 Å². The fraction of sp³-hybridized carbons (Fsp3) is 0.364. The number of ether oxygens (including phenoxy) is 2. The van der Waals surface area contributed by atoms with Crippen LogP contribution in [0.5, 0.6) is 5.75 Å². The number of halogens is 1. The lowest BCUT2D eigenvalue weighted by Crippen LogP contribution is -2.39. The van der Waals surface area contributed by atoms with Crippen LogP contribution in [0.4, 0.5) is 5.13 Å². The van der Waals surface area contributed by atoms with E-state index in [0.717, 1.165) is 55.2 Å². The van der Waals surface area contributed by atoms with Crippen LogP contribution in [0.3, 0.4) is 0 Å². The molecule has 2 aromatic carbocycles. The van der Waals surface area contributed by atoms with Gasteiger partial charge in [0.1, 0.15) is 5.75 Å². The van der Waals surface area contributed by atoms with E-state index in [2.05, 4.69) is 4.90 Å². The van der Waals surface area contributed by atoms with Gasteiger partial charge in [0.2, 0.25) is 0 Å². The highest BCUT2D eigenvalue weighted by atomic mass is 35.5. The summed E-state index contributed by atoms with van der Waals surface area (Å²) in [5, 5.41) is 1.35. The zero-order valence-corrected chi connectivity index (χ0v) is 18.4. The maximum atomic E-state index is 13.4. The average molecular weight is 446 g/mol. The highest BCUT2D eigenvalue weighted by molar-refractivity contribution is 7.22. The largest absolute Gasteiger partial charge is 0.497 e. The molecule has 1 saturated heterocycles. The predicted octanol–water partition coefficient (Wildman–Crippen LogP) is 4.33. The first-order valence-corrected chi connectivity index (χ1v) is 11.2. The smallest absolute Gasteiger partial charge is 0.260 e. The van der Waals surface area contributed by atoms with E-state index < -0.39 is 0 Å². The van der Waals surface area contributed by atoms with E-state index in [1.54, 1.807) is 36.3 Å². The summed E-state index contributed by atoms with van der Waals surface area (Å²) in [6.45, 7) is 4.93. The maximum absolute atomic E-state index is 13.4. The van der Waals surface area contributed by atoms with E-state index in [4.69, 9.17) is 26.1 Å². The quantitative estimate of drug-likeness (QED) is 0.542. The van der Waals surface area contributed by atoms with Crippen LogP contribution in [0.15, 0.2) is 42.5 Å². The number of fused-ring (bicyclic) bond motifs is 1. The molecule has 0 N–H and O–H groups in total. The highest BCUT2D eigenvalue weighted by Gasteiger charge is 2.22. The van der Waals surface area contributed by atoms with Crippen molar-refractivity contribution in [3.8, 4) is 5.75 Å². The number of benzene rings is 2. The van der Waals surface area contributed by atoms with Gasteiger partial charge < -0.3 is 9.47 Å². The molecule has 1 aliphatic heterocycles. The number of amides is 1. The van der Waals surface area contributed by atoms with Gasteiger partial charge in [-0.2, -0.15) is 0 Å². The molecule has 1 aromatic heterocycles. The van der Waals surface area contributed by atoms with E-state index in [9.17, 15) is 4.79 Å². The molecule has 0 atom stereocenters. The standard InChI is InChI=1S/C22H24ClN3O3S/c1-28-18-6-3-16(4-7-18)21(27)26(10-2-9-25-11-13-29-14-12-25)22-24-19-8-5-17(23)15-20(19)30-22/h3-8,15H,2,9-14H2,1H3. The number of anilines is 1. The molecule has 8 heteroatoms. The SMILES string of the molecule is COc1ccc(C(=O)N(CCCN2CCOCC2)c2nc3ccc(Cl)cc3s2)cc1. The lowest BCUT2D eigenvalue weighted by Gasteiger charge is -2.27. The summed E-state index contributed by atoms with van der Waals surface area (Å²) in [5.74, 6) is 0.657. The molecule has 1 amide bonds. The van der Waals surface area contributed by atoms with Crippen molar-refractivity contribution >= 4 is 44.2 Å². The minimum absolute atomic E-state index is 0.0650. The van der Waals surface area contributed by atoms with Gasteiger partial charge in [-0.15, -0.1) is 0 Å². The molecule has 0 radical (unpaired) electrons. The number of hydrogen-bond donors (Lipinski definition) is 0. The topological polar surface area (TPSA) is 54.9 Å². The highest BCUT2D eigenvalue weighted by Crippen LogP contribution is 2.32. The van der Waals surface area contributed by atoms with Crippen molar-refractivity contribution < 1.29 is 14.3 Å². The fourth-order valence-corrected chi connectivity index (χ4v) is 4.72. The number of aromatic nitrogens is 1. The van der Waals surface area contributed by atoms with Crippen molar-refractivity contribution in [3.63, 3.8) is 0 Å². The van der Waals surface area contributed by atoms with Gasteiger partial charge in [0.15, 0.2) is 5.13 Å². The van der Waals surface area contributed by atoms with Crippen molar-refractivity contribution in [2.75, 3.05) is 51.4 Å². The van der Waals surface area contributed by atoms with Crippen LogP contribution in [0.1, 0.15) is 16.8 Å². The predicted molar refractivity (Wildman–Crippen MR) is 121 cm³/mol. The zero-order chi connectivity index (χ0) is 20.9. The maximum Gasteiger partial charge on any atom is 0.260 e. The molecule has 0 saturated carbocycles. The Morgan fingerprint density at radius 1 is 1.23 bits per heavy atom. The molecular weight excluding hydrogens is 422 g/mol. The minimum atomic E-state index is -0.0650. The molecule has 4 rings (SSSR count). The number of rotatable bonds is 7. The number of thiazole rings is 1. The third kappa shape index (κ3) is 4.92. The summed E-state index contributed by atoms with van der Waals surface area (Å²) in [6.07, 6.45) is 0.860. The average Bonchev–Trinajstić information content (AvgIpc) is 3.20. The van der Waals surface area contributed by atoms with Crippen LogP contribution in [-0.4, -0.2) is 62.3 Å². The van der Waals surface area contributed by atoms with Gasteiger partial charge in [0, 0.05) is 36.8 Å². The summed E-state index contributed by atoms with van der Waals surface area (Å²) >= 11 is 7.62. The number of carbonyl (C=O) groups is 1. The molecule has 0 bridgehead atoms. The normalized spacial score (nSPS) is 14.7. The summed E-state index contributed by atoms with van der Waals surface area (Å²) in [5.41, 5.74) is 1.46. The summed E-state index contributed by atoms with van der Waals surface area (Å²) in [6, 6.07) is 12.8. The zero-order valence-electron chi connectivity index (χ0n) is 16.8. The number of methoxy groups -OCH3 is 1. The Morgan fingerprint density at radius 3 is 2.73 bits per heavy atom. The molecule has 1 aliphatic rings. The molecule has 3 aromatic rings. The van der Waals surface area contributed by atoms with Crippen molar-refractivity contribution in [3.05, 3.63) is 53.1 Å². The van der Waals surface area contributed by atoms with E-state index >= 15 is 0 Å². The molecule has 6 nitrogen and oxygen atoms in total. The summed E-state index contributed by atoms with van der Waals surface area (Å²) in [7, 11) is 1.61. The van der Waals surface area contributed by atoms with E-state index in [0.29, 0.717) is 22.3 Å². The van der Waals surface area contributed by atoms with Crippen LogP contribution in [0.25, 0.3) is 10.2 Å². The first-order valence-electron chi connectivity index (χ1n) is 9.96. The molecule has 2 heterocycles. The fourth-order valence-electron chi connectivity index (χ4n) is 3.45. The summed E-state index contributed by atoms with van der Waals surface area (Å²) in [4.78, 5) is 22.2. The molecule has 158 valence electrons. The van der Waals surface area contributed by atoms with Crippen molar-refractivity contribution in [2.24, 2.45) is 0 Å². The van der Waals surface area contributed by atoms with E-state index in [1.807, 2.05) is 18.2 Å². The molecular formula is C22H24ClN3O3S. The lowest BCUT2D eigenvalue weighted by molar-refractivity contribution is 0.0376.